The van der Waals surface area contributed by atoms with E-state index in [2.05, 4.69) is 15.5 Å². The summed E-state index contributed by atoms with van der Waals surface area (Å²) in [4.78, 5) is 27.1. The van der Waals surface area contributed by atoms with Gasteiger partial charge in [-0.25, -0.2) is 0 Å². The second-order valence-electron chi connectivity index (χ2n) is 6.35. The number of para-hydroxylation sites is 1. The quantitative estimate of drug-likeness (QED) is 0.843. The van der Waals surface area contributed by atoms with Crippen molar-refractivity contribution in [2.75, 3.05) is 18.4 Å². The SMILES string of the molecule is Cc1cc(C(=O)N2CCC[C@]3(C2)C(=O)Nc2ccccc23)n[nH]1. The van der Waals surface area contributed by atoms with Crippen LogP contribution in [0, 0.1) is 6.92 Å². The summed E-state index contributed by atoms with van der Waals surface area (Å²) in [5.74, 6) is -0.125. The number of likely N-dealkylation sites (tertiary alicyclic amines) is 1. The average molecular weight is 310 g/mol. The first-order chi connectivity index (χ1) is 11.1. The Bertz CT molecular complexity index is 797. The molecule has 6 nitrogen and oxygen atoms in total. The molecular weight excluding hydrogens is 292 g/mol. The van der Waals surface area contributed by atoms with Crippen molar-refractivity contribution in [2.45, 2.75) is 25.2 Å². The Morgan fingerprint density at radius 2 is 2.17 bits per heavy atom. The molecule has 0 unspecified atom stereocenters. The van der Waals surface area contributed by atoms with Crippen LogP contribution < -0.4 is 5.32 Å². The summed E-state index contributed by atoms with van der Waals surface area (Å²) < 4.78 is 0. The van der Waals surface area contributed by atoms with Gasteiger partial charge in [0.1, 0.15) is 5.69 Å². The molecule has 2 aliphatic rings. The van der Waals surface area contributed by atoms with Crippen LogP contribution in [0.15, 0.2) is 30.3 Å². The Labute approximate surface area is 133 Å². The summed E-state index contributed by atoms with van der Waals surface area (Å²) in [5.41, 5.74) is 2.49. The smallest absolute Gasteiger partial charge is 0.274 e. The van der Waals surface area contributed by atoms with Crippen LogP contribution >= 0.6 is 0 Å². The molecule has 23 heavy (non-hydrogen) atoms. The normalized spacial score (nSPS) is 23.0. The van der Waals surface area contributed by atoms with E-state index in [1.54, 1.807) is 11.0 Å². The van der Waals surface area contributed by atoms with Gasteiger partial charge in [0.05, 0.1) is 5.41 Å². The van der Waals surface area contributed by atoms with Gasteiger partial charge in [-0.15, -0.1) is 0 Å². The Morgan fingerprint density at radius 3 is 2.96 bits per heavy atom. The predicted octanol–water partition coefficient (Wildman–Crippen LogP) is 1.84. The number of benzene rings is 1. The van der Waals surface area contributed by atoms with Crippen LogP contribution in [0.4, 0.5) is 5.69 Å². The Balaban J connectivity index is 1.67. The average Bonchev–Trinajstić information content (AvgIpc) is 3.10. The molecule has 0 aliphatic carbocycles. The van der Waals surface area contributed by atoms with Crippen molar-refractivity contribution < 1.29 is 9.59 Å². The molecule has 0 saturated carbocycles. The van der Waals surface area contributed by atoms with Gasteiger partial charge in [-0.2, -0.15) is 5.10 Å². The Morgan fingerprint density at radius 1 is 1.35 bits per heavy atom. The molecule has 1 fully saturated rings. The third-order valence-electron chi connectivity index (χ3n) is 4.83. The predicted molar refractivity (Wildman–Crippen MR) is 85.2 cm³/mol. The number of nitrogens with one attached hydrogen (secondary N) is 2. The zero-order valence-corrected chi connectivity index (χ0v) is 12.9. The van der Waals surface area contributed by atoms with Crippen LogP contribution in [0.25, 0.3) is 0 Å². The van der Waals surface area contributed by atoms with Gasteiger partial charge in [-0.1, -0.05) is 18.2 Å². The van der Waals surface area contributed by atoms with Gasteiger partial charge in [0.25, 0.3) is 5.91 Å². The first-order valence-electron chi connectivity index (χ1n) is 7.82. The maximum absolute atomic E-state index is 12.7. The lowest BCUT2D eigenvalue weighted by Gasteiger charge is -2.38. The van der Waals surface area contributed by atoms with Crippen molar-refractivity contribution in [3.63, 3.8) is 0 Å². The lowest BCUT2D eigenvalue weighted by Crippen LogP contribution is -2.51. The van der Waals surface area contributed by atoms with Gasteiger partial charge in [0.15, 0.2) is 0 Å². The fourth-order valence-corrected chi connectivity index (χ4v) is 3.70. The topological polar surface area (TPSA) is 78.1 Å². The summed E-state index contributed by atoms with van der Waals surface area (Å²) in [6.45, 7) is 2.92. The molecule has 2 aromatic rings. The van der Waals surface area contributed by atoms with Crippen molar-refractivity contribution in [3.05, 3.63) is 47.3 Å². The number of aryl methyl sites for hydroxylation is 1. The van der Waals surface area contributed by atoms with Crippen LogP contribution in [0.5, 0.6) is 0 Å². The zero-order chi connectivity index (χ0) is 16.0. The highest BCUT2D eigenvalue weighted by Crippen LogP contribution is 2.43. The molecule has 118 valence electrons. The molecule has 4 rings (SSSR count). The number of anilines is 1. The van der Waals surface area contributed by atoms with Crippen molar-refractivity contribution in [3.8, 4) is 0 Å². The lowest BCUT2D eigenvalue weighted by molar-refractivity contribution is -0.122. The maximum atomic E-state index is 12.7. The van der Waals surface area contributed by atoms with Gasteiger partial charge in [-0.05, 0) is 37.5 Å². The van der Waals surface area contributed by atoms with Gasteiger partial charge < -0.3 is 10.2 Å². The first kappa shape index (κ1) is 14.0. The van der Waals surface area contributed by atoms with E-state index in [0.717, 1.165) is 29.8 Å². The second-order valence-corrected chi connectivity index (χ2v) is 6.35. The highest BCUT2D eigenvalue weighted by molar-refractivity contribution is 6.07. The number of hydrogen-bond donors (Lipinski definition) is 2. The molecule has 1 spiro atoms. The minimum Gasteiger partial charge on any atom is -0.336 e. The highest BCUT2D eigenvalue weighted by atomic mass is 16.2. The molecule has 6 heteroatoms. The molecule has 1 aromatic carbocycles. The number of nitrogens with zero attached hydrogens (tertiary/aromatic N) is 2. The Hall–Kier alpha value is -2.63. The molecule has 1 atom stereocenters. The summed E-state index contributed by atoms with van der Waals surface area (Å²) in [6, 6.07) is 9.50. The van der Waals surface area contributed by atoms with Crippen LogP contribution in [0.2, 0.25) is 0 Å². The third kappa shape index (κ3) is 2.05. The lowest BCUT2D eigenvalue weighted by atomic mass is 9.75. The van der Waals surface area contributed by atoms with Crippen LogP contribution in [0.1, 0.15) is 34.6 Å². The monoisotopic (exact) mass is 310 g/mol. The molecule has 2 N–H and O–H groups in total. The highest BCUT2D eigenvalue weighted by Gasteiger charge is 2.50. The fourth-order valence-electron chi connectivity index (χ4n) is 3.70. The van der Waals surface area contributed by atoms with Gasteiger partial charge in [0.2, 0.25) is 5.91 Å². The molecule has 3 heterocycles. The van der Waals surface area contributed by atoms with E-state index in [0.29, 0.717) is 18.8 Å². The number of rotatable bonds is 1. The molecule has 1 aromatic heterocycles. The van der Waals surface area contributed by atoms with E-state index >= 15 is 0 Å². The van der Waals surface area contributed by atoms with Gasteiger partial charge in [0, 0.05) is 24.5 Å². The van der Waals surface area contributed by atoms with E-state index < -0.39 is 5.41 Å². The summed E-state index contributed by atoms with van der Waals surface area (Å²) in [5, 5.41) is 9.81. The van der Waals surface area contributed by atoms with Crippen LogP contribution in [-0.4, -0.2) is 40.0 Å². The molecule has 2 amide bonds. The molecule has 2 aliphatic heterocycles. The van der Waals surface area contributed by atoms with E-state index in [1.807, 2.05) is 31.2 Å². The minimum atomic E-state index is -0.629. The molecule has 0 radical (unpaired) electrons. The number of fused-ring (bicyclic) bond motifs is 2. The maximum Gasteiger partial charge on any atom is 0.274 e. The molecule has 1 saturated heterocycles. The minimum absolute atomic E-state index is 0.00518. The fraction of sp³-hybridized carbons (Fsp3) is 0.353. The third-order valence-corrected chi connectivity index (χ3v) is 4.83. The Kier molecular flexibility index (Phi) is 3.01. The second kappa shape index (κ2) is 4.94. The number of hydrogen-bond acceptors (Lipinski definition) is 3. The molecule has 0 bridgehead atoms. The number of amides is 2. The van der Waals surface area contributed by atoms with Crippen molar-refractivity contribution >= 4 is 17.5 Å². The van der Waals surface area contributed by atoms with Gasteiger partial charge in [-0.3, -0.25) is 14.7 Å². The summed E-state index contributed by atoms with van der Waals surface area (Å²) in [6.07, 6.45) is 1.57. The van der Waals surface area contributed by atoms with Gasteiger partial charge >= 0.3 is 0 Å². The largest absolute Gasteiger partial charge is 0.336 e. The van der Waals surface area contributed by atoms with E-state index in [-0.39, 0.29) is 11.8 Å². The van der Waals surface area contributed by atoms with Crippen molar-refractivity contribution in [2.24, 2.45) is 0 Å². The molecular formula is C17H18N4O2. The standard InChI is InChI=1S/C17H18N4O2/c1-11-9-14(20-19-11)15(22)21-8-4-7-17(10-21)12-5-2-3-6-13(12)18-16(17)23/h2-3,5-6,9H,4,7-8,10H2,1H3,(H,18,23)(H,19,20)/t17-/m1/s1. The van der Waals surface area contributed by atoms with Crippen molar-refractivity contribution in [1.82, 2.24) is 15.1 Å². The number of carbonyl (C=O) groups excluding carboxylic acids is 2. The van der Waals surface area contributed by atoms with Crippen molar-refractivity contribution in [1.29, 1.82) is 0 Å². The van der Waals surface area contributed by atoms with Crippen LogP contribution in [-0.2, 0) is 10.2 Å². The number of piperidine rings is 1. The number of H-pyrrole nitrogens is 1. The van der Waals surface area contributed by atoms with Crippen LogP contribution in [0.3, 0.4) is 0 Å². The van der Waals surface area contributed by atoms with E-state index in [4.69, 9.17) is 0 Å². The number of carbonyl (C=O) groups is 2. The first-order valence-corrected chi connectivity index (χ1v) is 7.82. The number of aromatic amines is 1. The number of aromatic nitrogens is 2. The van der Waals surface area contributed by atoms with E-state index in [9.17, 15) is 9.59 Å². The summed E-state index contributed by atoms with van der Waals surface area (Å²) >= 11 is 0. The van der Waals surface area contributed by atoms with E-state index in [1.165, 1.54) is 0 Å². The zero-order valence-electron chi connectivity index (χ0n) is 12.9. The summed E-state index contributed by atoms with van der Waals surface area (Å²) in [7, 11) is 0.